The Hall–Kier alpha value is -1.37. The van der Waals surface area contributed by atoms with E-state index >= 15 is 0 Å². The van der Waals surface area contributed by atoms with Crippen LogP contribution in [0.2, 0.25) is 0 Å². The number of carbonyl (C=O) groups excluding carboxylic acids is 1. The summed E-state index contributed by atoms with van der Waals surface area (Å²) in [5.74, 6) is 1.76. The molecule has 2 saturated heterocycles. The normalized spacial score (nSPS) is 42.0. The van der Waals surface area contributed by atoms with Crippen LogP contribution in [0.3, 0.4) is 0 Å². The van der Waals surface area contributed by atoms with Gasteiger partial charge in [-0.1, -0.05) is 12.6 Å². The van der Waals surface area contributed by atoms with Gasteiger partial charge in [0.15, 0.2) is 30.1 Å². The molecule has 1 saturated carbocycles. The monoisotopic (exact) mass is 433 g/mol. The van der Waals surface area contributed by atoms with E-state index in [0.717, 1.165) is 55.1 Å². The molecule has 1 aromatic rings. The fourth-order valence-corrected chi connectivity index (χ4v) is 7.05. The summed E-state index contributed by atoms with van der Waals surface area (Å²) in [6.45, 7) is 6.68. The molecule has 2 aliphatic carbocycles. The third-order valence-electron chi connectivity index (χ3n) is 7.98. The molecule has 0 amide bonds. The van der Waals surface area contributed by atoms with Crippen LogP contribution < -0.4 is 26.5 Å². The molecule has 6 rings (SSSR count). The molecule has 5 atom stereocenters. The van der Waals surface area contributed by atoms with Crippen molar-refractivity contribution in [2.75, 3.05) is 26.9 Å². The van der Waals surface area contributed by atoms with Crippen LogP contribution in [0.15, 0.2) is 24.8 Å². The third kappa shape index (κ3) is 1.68. The van der Waals surface area contributed by atoms with Crippen molar-refractivity contribution >= 4 is 5.78 Å². The predicted octanol–water partition coefficient (Wildman–Crippen LogP) is -0.881. The molecular weight excluding hydrogens is 410 g/mol. The van der Waals surface area contributed by atoms with Gasteiger partial charge in [0.2, 0.25) is 0 Å². The highest BCUT2D eigenvalue weighted by molar-refractivity contribution is 5.90. The summed E-state index contributed by atoms with van der Waals surface area (Å²) in [5, 5.41) is 0. The third-order valence-corrected chi connectivity index (χ3v) is 7.98. The predicted molar refractivity (Wildman–Crippen MR) is 94.3 cm³/mol. The van der Waals surface area contributed by atoms with Crippen molar-refractivity contribution in [2.45, 2.75) is 48.8 Å². The SMILES string of the molecule is C=CC[N+]12CC[C@]34c5c6ccc(OC)c5O[C@H]3C(=O)CC[C@@]4(OC1)[C@H]2C6.[Br-]. The molecule has 0 N–H and O–H groups in total. The Bertz CT molecular complexity index is 872. The van der Waals surface area contributed by atoms with Crippen molar-refractivity contribution in [1.29, 1.82) is 0 Å². The minimum atomic E-state index is -0.423. The Kier molecular flexibility index (Phi) is 3.52. The van der Waals surface area contributed by atoms with E-state index in [2.05, 4.69) is 12.6 Å². The summed E-state index contributed by atoms with van der Waals surface area (Å²) in [6.07, 6.45) is 4.87. The van der Waals surface area contributed by atoms with E-state index < -0.39 is 6.10 Å². The van der Waals surface area contributed by atoms with E-state index in [0.29, 0.717) is 12.5 Å². The van der Waals surface area contributed by atoms with Gasteiger partial charge in [0.1, 0.15) is 11.6 Å². The quantitative estimate of drug-likeness (QED) is 0.458. The molecule has 5 aliphatic rings. The standard InChI is InChI=1S/C21H24NO4.BrH/c1-3-9-22-10-8-20-17-13-4-5-15(24-2)18(17)26-19(20)14(23)6-7-21(20,25-12-22)16(22)11-13;/h3-5,16,19H,1,6-12H2,2H3;1H/q+1;/p-1/t16-,19+,20+,21-,22?;/m1./s1. The lowest BCUT2D eigenvalue weighted by Gasteiger charge is -2.60. The molecule has 27 heavy (non-hydrogen) atoms. The topological polar surface area (TPSA) is 44.8 Å². The Morgan fingerprint density at radius 3 is 3.04 bits per heavy atom. The number of methoxy groups -OCH3 is 1. The first-order chi connectivity index (χ1) is 12.6. The molecule has 2 spiro atoms. The van der Waals surface area contributed by atoms with Crippen molar-refractivity contribution in [1.82, 2.24) is 0 Å². The Balaban J connectivity index is 0.00000160. The summed E-state index contributed by atoms with van der Waals surface area (Å²) >= 11 is 0. The van der Waals surface area contributed by atoms with Gasteiger partial charge in [-0.2, -0.15) is 0 Å². The summed E-state index contributed by atoms with van der Waals surface area (Å²) in [6, 6.07) is 4.55. The summed E-state index contributed by atoms with van der Waals surface area (Å²) in [7, 11) is 1.67. The first-order valence-corrected chi connectivity index (χ1v) is 9.62. The maximum atomic E-state index is 13.0. The fraction of sp³-hybridized carbons (Fsp3) is 0.571. The smallest absolute Gasteiger partial charge is 0.184 e. The number of ketones is 1. The number of rotatable bonds is 3. The van der Waals surface area contributed by atoms with Gasteiger partial charge in [-0.15, -0.1) is 0 Å². The molecule has 144 valence electrons. The second-order valence-corrected chi connectivity index (χ2v) is 8.61. The number of benzene rings is 1. The highest BCUT2D eigenvalue weighted by Crippen LogP contribution is 2.69. The molecule has 4 bridgehead atoms. The van der Waals surface area contributed by atoms with Gasteiger partial charge >= 0.3 is 0 Å². The molecule has 5 nitrogen and oxygen atoms in total. The zero-order valence-corrected chi connectivity index (χ0v) is 17.1. The van der Waals surface area contributed by atoms with E-state index in [4.69, 9.17) is 14.2 Å². The fourth-order valence-electron chi connectivity index (χ4n) is 7.05. The van der Waals surface area contributed by atoms with Gasteiger partial charge in [-0.3, -0.25) is 9.28 Å². The van der Waals surface area contributed by atoms with Crippen molar-refractivity contribution in [3.8, 4) is 11.5 Å². The minimum Gasteiger partial charge on any atom is -1.00 e. The second-order valence-electron chi connectivity index (χ2n) is 8.61. The number of hydrogen-bond acceptors (Lipinski definition) is 4. The van der Waals surface area contributed by atoms with Gasteiger partial charge in [0.25, 0.3) is 0 Å². The summed E-state index contributed by atoms with van der Waals surface area (Å²) in [4.78, 5) is 13.0. The van der Waals surface area contributed by atoms with E-state index in [-0.39, 0.29) is 33.8 Å². The number of carbonyl (C=O) groups is 1. The van der Waals surface area contributed by atoms with Gasteiger partial charge in [0, 0.05) is 24.8 Å². The van der Waals surface area contributed by atoms with Gasteiger partial charge < -0.3 is 31.2 Å². The molecule has 0 aromatic heterocycles. The number of hydrogen-bond donors (Lipinski definition) is 0. The molecule has 1 unspecified atom stereocenters. The minimum absolute atomic E-state index is 0. The van der Waals surface area contributed by atoms with Crippen molar-refractivity contribution in [3.05, 3.63) is 35.9 Å². The zero-order valence-electron chi connectivity index (χ0n) is 15.5. The number of quaternary nitrogens is 1. The van der Waals surface area contributed by atoms with Crippen LogP contribution >= 0.6 is 0 Å². The van der Waals surface area contributed by atoms with E-state index in [1.165, 1.54) is 11.1 Å². The van der Waals surface area contributed by atoms with Crippen molar-refractivity contribution in [2.24, 2.45) is 0 Å². The van der Waals surface area contributed by atoms with Crippen LogP contribution in [-0.4, -0.2) is 54.9 Å². The molecule has 3 heterocycles. The summed E-state index contributed by atoms with van der Waals surface area (Å²) < 4.78 is 19.6. The maximum Gasteiger partial charge on any atom is 0.184 e. The largest absolute Gasteiger partial charge is 1.00 e. The average molecular weight is 434 g/mol. The van der Waals surface area contributed by atoms with Crippen LogP contribution in [0, 0.1) is 0 Å². The van der Waals surface area contributed by atoms with Crippen molar-refractivity contribution < 1.29 is 40.5 Å². The first-order valence-electron chi connectivity index (χ1n) is 9.62. The lowest BCUT2D eigenvalue weighted by atomic mass is 9.49. The lowest BCUT2D eigenvalue weighted by molar-refractivity contribution is -0.947. The van der Waals surface area contributed by atoms with Crippen LogP contribution in [-0.2, 0) is 21.4 Å². The Morgan fingerprint density at radius 1 is 1.41 bits per heavy atom. The zero-order chi connectivity index (χ0) is 17.7. The van der Waals surface area contributed by atoms with Gasteiger partial charge in [0.05, 0.1) is 25.6 Å². The molecule has 3 aliphatic heterocycles. The number of ether oxygens (including phenoxy) is 3. The van der Waals surface area contributed by atoms with Crippen LogP contribution in [0.5, 0.6) is 11.5 Å². The lowest BCUT2D eigenvalue weighted by Crippen LogP contribution is -3.00. The number of Topliss-reactive ketones (excluding diaryl/α,β-unsaturated/α-hetero) is 1. The molecule has 0 radical (unpaired) electrons. The Morgan fingerprint density at radius 2 is 2.26 bits per heavy atom. The van der Waals surface area contributed by atoms with Crippen LogP contribution in [0.25, 0.3) is 0 Å². The second kappa shape index (κ2) is 5.37. The Labute approximate surface area is 169 Å². The van der Waals surface area contributed by atoms with Gasteiger partial charge in [-0.05, 0) is 24.1 Å². The van der Waals surface area contributed by atoms with E-state index in [1.807, 2.05) is 12.1 Å². The van der Waals surface area contributed by atoms with Crippen LogP contribution in [0.1, 0.15) is 30.4 Å². The molecular formula is C21H24BrNO4. The van der Waals surface area contributed by atoms with E-state index in [9.17, 15) is 4.79 Å². The molecule has 1 aromatic carbocycles. The maximum absolute atomic E-state index is 13.0. The number of halogens is 1. The highest BCUT2D eigenvalue weighted by Gasteiger charge is 2.80. The average Bonchev–Trinajstić information content (AvgIpc) is 3.10. The number of nitrogens with zero attached hydrogens (tertiary/aromatic N) is 1. The van der Waals surface area contributed by atoms with Crippen LogP contribution in [0.4, 0.5) is 0 Å². The summed E-state index contributed by atoms with van der Waals surface area (Å²) in [5.41, 5.74) is 1.89. The molecule has 3 fully saturated rings. The van der Waals surface area contributed by atoms with E-state index in [1.54, 1.807) is 7.11 Å². The molecule has 6 heteroatoms. The number of piperidine rings is 1. The van der Waals surface area contributed by atoms with Gasteiger partial charge in [-0.25, -0.2) is 0 Å². The highest BCUT2D eigenvalue weighted by atomic mass is 79.9. The first kappa shape index (κ1) is 17.7. The van der Waals surface area contributed by atoms with Crippen molar-refractivity contribution in [3.63, 3.8) is 0 Å².